The van der Waals surface area contributed by atoms with Crippen LogP contribution in [0.5, 0.6) is 0 Å². The topological polar surface area (TPSA) is 55.1 Å². The predicted molar refractivity (Wildman–Crippen MR) is 61.5 cm³/mol. The second kappa shape index (κ2) is 3.96. The zero-order chi connectivity index (χ0) is 11.7. The molecule has 16 heavy (non-hydrogen) atoms. The van der Waals surface area contributed by atoms with Crippen molar-refractivity contribution in [1.29, 1.82) is 0 Å². The average Bonchev–Trinajstić information content (AvgIpc) is 2.57. The number of benzene rings is 1. The van der Waals surface area contributed by atoms with Crippen LogP contribution in [0.2, 0.25) is 0 Å². The van der Waals surface area contributed by atoms with Gasteiger partial charge >= 0.3 is 5.97 Å². The van der Waals surface area contributed by atoms with E-state index in [2.05, 4.69) is 5.10 Å². The number of hydrogen-bond donors (Lipinski definition) is 1. The summed E-state index contributed by atoms with van der Waals surface area (Å²) < 4.78 is 1.77. The minimum atomic E-state index is -0.820. The second-order valence-corrected chi connectivity index (χ2v) is 3.80. The minimum Gasteiger partial charge on any atom is -0.481 e. The number of carboxylic acid groups (broad SMARTS) is 1. The maximum Gasteiger partial charge on any atom is 0.309 e. The molecule has 0 radical (unpaired) electrons. The van der Waals surface area contributed by atoms with E-state index in [0.29, 0.717) is 6.54 Å². The molecular formula is C12H14N2O2. The van der Waals surface area contributed by atoms with Gasteiger partial charge in [0.1, 0.15) is 0 Å². The predicted octanol–water partition coefficient (Wildman–Crippen LogP) is 1.99. The molecule has 0 aliphatic rings. The van der Waals surface area contributed by atoms with Crippen LogP contribution in [0, 0.1) is 6.92 Å². The van der Waals surface area contributed by atoms with Crippen LogP contribution in [0.1, 0.15) is 18.2 Å². The van der Waals surface area contributed by atoms with E-state index >= 15 is 0 Å². The van der Waals surface area contributed by atoms with Gasteiger partial charge in [-0.3, -0.25) is 9.48 Å². The smallest absolute Gasteiger partial charge is 0.309 e. The van der Waals surface area contributed by atoms with Crippen LogP contribution in [-0.4, -0.2) is 20.9 Å². The number of aliphatic carboxylic acids is 1. The SMILES string of the molecule is CCn1nc2cccc(C)c2c1CC(=O)O. The molecule has 2 aromatic rings. The average molecular weight is 218 g/mol. The van der Waals surface area contributed by atoms with Gasteiger partial charge in [0.05, 0.1) is 17.6 Å². The number of carboxylic acids is 1. The van der Waals surface area contributed by atoms with E-state index in [1.165, 1.54) is 0 Å². The Bertz CT molecular complexity index is 543. The van der Waals surface area contributed by atoms with Gasteiger partial charge in [0.25, 0.3) is 0 Å². The van der Waals surface area contributed by atoms with Gasteiger partial charge in [-0.15, -0.1) is 0 Å². The standard InChI is InChI=1S/C12H14N2O2/c1-3-14-10(7-11(15)16)12-8(2)5-4-6-9(12)13-14/h4-6H,3,7H2,1-2H3,(H,15,16). The molecule has 4 nitrogen and oxygen atoms in total. The van der Waals surface area contributed by atoms with Crippen LogP contribution in [0.4, 0.5) is 0 Å². The van der Waals surface area contributed by atoms with Gasteiger partial charge in [-0.05, 0) is 25.5 Å². The van der Waals surface area contributed by atoms with E-state index in [1.807, 2.05) is 32.0 Å². The van der Waals surface area contributed by atoms with Gasteiger partial charge in [0, 0.05) is 11.9 Å². The van der Waals surface area contributed by atoms with Crippen molar-refractivity contribution in [2.24, 2.45) is 0 Å². The summed E-state index contributed by atoms with van der Waals surface area (Å²) in [5.41, 5.74) is 2.75. The Labute approximate surface area is 93.5 Å². The Morgan fingerprint density at radius 3 is 2.88 bits per heavy atom. The van der Waals surface area contributed by atoms with E-state index in [1.54, 1.807) is 4.68 Å². The summed E-state index contributed by atoms with van der Waals surface area (Å²) in [6.45, 7) is 4.64. The van der Waals surface area contributed by atoms with Crippen molar-refractivity contribution in [3.63, 3.8) is 0 Å². The number of carbonyl (C=O) groups is 1. The summed E-state index contributed by atoms with van der Waals surface area (Å²) in [6.07, 6.45) is 0.0230. The highest BCUT2D eigenvalue weighted by molar-refractivity contribution is 5.88. The summed E-state index contributed by atoms with van der Waals surface area (Å²) in [6, 6.07) is 5.84. The Morgan fingerprint density at radius 2 is 2.25 bits per heavy atom. The first-order valence-corrected chi connectivity index (χ1v) is 5.30. The second-order valence-electron chi connectivity index (χ2n) is 3.80. The van der Waals surface area contributed by atoms with Gasteiger partial charge in [-0.2, -0.15) is 5.10 Å². The first-order chi connectivity index (χ1) is 7.63. The van der Waals surface area contributed by atoms with E-state index in [4.69, 9.17) is 5.11 Å². The molecule has 1 aromatic heterocycles. The van der Waals surface area contributed by atoms with Crippen molar-refractivity contribution in [3.05, 3.63) is 29.5 Å². The first kappa shape index (κ1) is 10.7. The van der Waals surface area contributed by atoms with Crippen molar-refractivity contribution in [1.82, 2.24) is 9.78 Å². The third-order valence-electron chi connectivity index (χ3n) is 2.70. The Hall–Kier alpha value is -1.84. The van der Waals surface area contributed by atoms with Gasteiger partial charge in [-0.1, -0.05) is 12.1 Å². The fourth-order valence-electron chi connectivity index (χ4n) is 2.01. The first-order valence-electron chi connectivity index (χ1n) is 5.30. The molecule has 0 bridgehead atoms. The Morgan fingerprint density at radius 1 is 1.50 bits per heavy atom. The monoisotopic (exact) mass is 218 g/mol. The van der Waals surface area contributed by atoms with Crippen LogP contribution < -0.4 is 0 Å². The number of rotatable bonds is 3. The van der Waals surface area contributed by atoms with Crippen LogP contribution in [0.3, 0.4) is 0 Å². The molecule has 4 heteroatoms. The normalized spacial score (nSPS) is 10.9. The van der Waals surface area contributed by atoms with Crippen LogP contribution in [0.15, 0.2) is 18.2 Å². The minimum absolute atomic E-state index is 0.0230. The van der Waals surface area contributed by atoms with Gasteiger partial charge in [0.15, 0.2) is 0 Å². The zero-order valence-corrected chi connectivity index (χ0v) is 9.40. The lowest BCUT2D eigenvalue weighted by Gasteiger charge is -2.03. The van der Waals surface area contributed by atoms with Gasteiger partial charge in [-0.25, -0.2) is 0 Å². The summed E-state index contributed by atoms with van der Waals surface area (Å²) in [5.74, 6) is -0.820. The molecular weight excluding hydrogens is 204 g/mol. The van der Waals surface area contributed by atoms with Crippen LogP contribution in [0.25, 0.3) is 10.9 Å². The lowest BCUT2D eigenvalue weighted by Crippen LogP contribution is -2.08. The Balaban J connectivity index is 2.70. The number of fused-ring (bicyclic) bond motifs is 1. The fourth-order valence-corrected chi connectivity index (χ4v) is 2.01. The molecule has 0 unspecified atom stereocenters. The van der Waals surface area contributed by atoms with Crippen molar-refractivity contribution < 1.29 is 9.90 Å². The molecule has 0 saturated heterocycles. The van der Waals surface area contributed by atoms with Crippen LogP contribution >= 0.6 is 0 Å². The van der Waals surface area contributed by atoms with E-state index in [9.17, 15) is 4.79 Å². The molecule has 1 aromatic carbocycles. The lowest BCUT2D eigenvalue weighted by atomic mass is 10.1. The molecule has 0 amide bonds. The fraction of sp³-hybridized carbons (Fsp3) is 0.333. The number of aryl methyl sites for hydroxylation is 2. The highest BCUT2D eigenvalue weighted by Crippen LogP contribution is 2.22. The number of aromatic nitrogens is 2. The molecule has 0 aliphatic heterocycles. The highest BCUT2D eigenvalue weighted by atomic mass is 16.4. The third-order valence-corrected chi connectivity index (χ3v) is 2.70. The largest absolute Gasteiger partial charge is 0.481 e. The summed E-state index contributed by atoms with van der Waals surface area (Å²) in [7, 11) is 0. The molecule has 1 heterocycles. The third kappa shape index (κ3) is 1.66. The van der Waals surface area contributed by atoms with Crippen molar-refractivity contribution in [2.45, 2.75) is 26.8 Å². The molecule has 1 N–H and O–H groups in total. The van der Waals surface area contributed by atoms with Crippen LogP contribution in [-0.2, 0) is 17.8 Å². The molecule has 0 atom stereocenters. The van der Waals surface area contributed by atoms with E-state index < -0.39 is 5.97 Å². The lowest BCUT2D eigenvalue weighted by molar-refractivity contribution is -0.136. The maximum atomic E-state index is 10.8. The van der Waals surface area contributed by atoms with E-state index in [-0.39, 0.29) is 6.42 Å². The summed E-state index contributed by atoms with van der Waals surface area (Å²) >= 11 is 0. The van der Waals surface area contributed by atoms with E-state index in [0.717, 1.165) is 22.2 Å². The quantitative estimate of drug-likeness (QED) is 0.857. The number of hydrogen-bond acceptors (Lipinski definition) is 2. The maximum absolute atomic E-state index is 10.8. The number of nitrogens with zero attached hydrogens (tertiary/aromatic N) is 2. The van der Waals surface area contributed by atoms with Crippen molar-refractivity contribution >= 4 is 16.9 Å². The molecule has 0 aliphatic carbocycles. The molecule has 0 saturated carbocycles. The highest BCUT2D eigenvalue weighted by Gasteiger charge is 2.14. The molecule has 0 fully saturated rings. The van der Waals surface area contributed by atoms with Crippen molar-refractivity contribution in [2.75, 3.05) is 0 Å². The van der Waals surface area contributed by atoms with Gasteiger partial charge < -0.3 is 5.11 Å². The summed E-state index contributed by atoms with van der Waals surface area (Å²) in [5, 5.41) is 14.3. The molecule has 84 valence electrons. The molecule has 0 spiro atoms. The van der Waals surface area contributed by atoms with Crippen molar-refractivity contribution in [3.8, 4) is 0 Å². The molecule has 2 rings (SSSR count). The Kier molecular flexibility index (Phi) is 2.64. The zero-order valence-electron chi connectivity index (χ0n) is 9.40. The van der Waals surface area contributed by atoms with Gasteiger partial charge in [0.2, 0.25) is 0 Å². The summed E-state index contributed by atoms with van der Waals surface area (Å²) in [4.78, 5) is 10.8.